The molecule has 0 saturated carbocycles. The van der Waals surface area contributed by atoms with Gasteiger partial charge >= 0.3 is 5.97 Å². The van der Waals surface area contributed by atoms with Crippen molar-refractivity contribution in [1.29, 1.82) is 0 Å². The van der Waals surface area contributed by atoms with Gasteiger partial charge in [-0.25, -0.2) is 4.79 Å². The van der Waals surface area contributed by atoms with Crippen molar-refractivity contribution in [3.05, 3.63) is 12.7 Å². The third kappa shape index (κ3) is 12.5. The number of imide groups is 1. The minimum absolute atomic E-state index is 0.177. The summed E-state index contributed by atoms with van der Waals surface area (Å²) in [6.07, 6.45) is 1.09. The Labute approximate surface area is 136 Å². The average molecular weight is 331 g/mol. The lowest BCUT2D eigenvalue weighted by Gasteiger charge is -2.16. The van der Waals surface area contributed by atoms with Gasteiger partial charge in [-0.15, -0.1) is 0 Å². The summed E-state index contributed by atoms with van der Waals surface area (Å²) in [6.45, 7) is 8.45. The van der Waals surface area contributed by atoms with Crippen molar-refractivity contribution in [3.8, 4) is 0 Å². The summed E-state index contributed by atoms with van der Waals surface area (Å²) < 4.78 is 20.4. The molecular formula is C15H25NO7. The van der Waals surface area contributed by atoms with E-state index in [1.807, 2.05) is 0 Å². The molecule has 0 aliphatic rings. The molecule has 0 aliphatic carbocycles. The maximum absolute atomic E-state index is 11.1. The van der Waals surface area contributed by atoms with Crippen LogP contribution in [0.2, 0.25) is 0 Å². The van der Waals surface area contributed by atoms with E-state index < -0.39 is 5.97 Å². The molecular weight excluding hydrogens is 306 g/mol. The highest BCUT2D eigenvalue weighted by Crippen LogP contribution is 1.91. The van der Waals surface area contributed by atoms with Crippen LogP contribution in [0.5, 0.6) is 0 Å². The molecule has 132 valence electrons. The standard InChI is InChI=1S/C15H25NO7/c1-4-15(19)23-12-11-22-10-9-21-8-7-20-6-5-16(13(2)17)14(3)18/h4H,1,5-12H2,2-3H3. The van der Waals surface area contributed by atoms with Crippen LogP contribution in [-0.2, 0) is 33.3 Å². The monoisotopic (exact) mass is 331 g/mol. The van der Waals surface area contributed by atoms with Crippen molar-refractivity contribution in [2.45, 2.75) is 13.8 Å². The molecule has 8 heteroatoms. The molecule has 0 heterocycles. The molecule has 0 rings (SSSR count). The topological polar surface area (TPSA) is 91.4 Å². The molecule has 2 amide bonds. The van der Waals surface area contributed by atoms with Gasteiger partial charge in [0.1, 0.15) is 6.61 Å². The number of carbonyl (C=O) groups is 3. The molecule has 0 atom stereocenters. The largest absolute Gasteiger partial charge is 0.460 e. The Morgan fingerprint density at radius 1 is 0.826 bits per heavy atom. The van der Waals surface area contributed by atoms with E-state index in [4.69, 9.17) is 18.9 Å². The predicted octanol–water partition coefficient (Wildman–Crippen LogP) is 0.160. The lowest BCUT2D eigenvalue weighted by atomic mass is 10.4. The van der Waals surface area contributed by atoms with Gasteiger partial charge in [-0.3, -0.25) is 14.5 Å². The quantitative estimate of drug-likeness (QED) is 0.270. The lowest BCUT2D eigenvalue weighted by molar-refractivity contribution is -0.143. The highest BCUT2D eigenvalue weighted by atomic mass is 16.6. The smallest absolute Gasteiger partial charge is 0.330 e. The third-order valence-electron chi connectivity index (χ3n) is 2.60. The molecule has 0 spiro atoms. The number of ether oxygens (including phenoxy) is 4. The molecule has 8 nitrogen and oxygen atoms in total. The molecule has 0 N–H and O–H groups in total. The van der Waals surface area contributed by atoms with E-state index in [9.17, 15) is 14.4 Å². The summed E-state index contributed by atoms with van der Waals surface area (Å²) in [5, 5.41) is 0. The van der Waals surface area contributed by atoms with Gasteiger partial charge in [0.15, 0.2) is 0 Å². The molecule has 0 bridgehead atoms. The van der Waals surface area contributed by atoms with Crippen molar-refractivity contribution in [2.75, 3.05) is 52.8 Å². The average Bonchev–Trinajstić information content (AvgIpc) is 2.50. The number of esters is 1. The zero-order valence-electron chi connectivity index (χ0n) is 13.7. The van der Waals surface area contributed by atoms with Gasteiger partial charge in [0.2, 0.25) is 11.8 Å². The van der Waals surface area contributed by atoms with Crippen molar-refractivity contribution in [2.24, 2.45) is 0 Å². The molecule has 0 aromatic rings. The van der Waals surface area contributed by atoms with Crippen molar-refractivity contribution < 1.29 is 33.3 Å². The Kier molecular flexibility index (Phi) is 12.8. The van der Waals surface area contributed by atoms with Gasteiger partial charge in [0, 0.05) is 19.9 Å². The predicted molar refractivity (Wildman–Crippen MR) is 81.7 cm³/mol. The Morgan fingerprint density at radius 3 is 1.70 bits per heavy atom. The molecule has 0 unspecified atom stereocenters. The first-order valence-electron chi connectivity index (χ1n) is 7.30. The minimum Gasteiger partial charge on any atom is -0.460 e. The van der Waals surface area contributed by atoms with Crippen LogP contribution >= 0.6 is 0 Å². The molecule has 0 radical (unpaired) electrons. The van der Waals surface area contributed by atoms with Crippen LogP contribution in [0.1, 0.15) is 13.8 Å². The zero-order chi connectivity index (χ0) is 17.5. The van der Waals surface area contributed by atoms with Crippen molar-refractivity contribution in [1.82, 2.24) is 4.90 Å². The van der Waals surface area contributed by atoms with Crippen LogP contribution in [0.4, 0.5) is 0 Å². The zero-order valence-corrected chi connectivity index (χ0v) is 13.7. The summed E-state index contributed by atoms with van der Waals surface area (Å²) in [7, 11) is 0. The van der Waals surface area contributed by atoms with Gasteiger partial charge in [-0.05, 0) is 0 Å². The molecule has 0 aromatic carbocycles. The SMILES string of the molecule is C=CC(=O)OCCOCCOCCOCCN(C(C)=O)C(C)=O. The number of carbonyl (C=O) groups excluding carboxylic acids is 3. The van der Waals surface area contributed by atoms with E-state index in [1.54, 1.807) is 0 Å². The van der Waals surface area contributed by atoms with E-state index in [0.717, 1.165) is 11.0 Å². The fraction of sp³-hybridized carbons (Fsp3) is 0.667. The van der Waals surface area contributed by atoms with E-state index in [-0.39, 0.29) is 31.6 Å². The number of amides is 2. The molecule has 23 heavy (non-hydrogen) atoms. The van der Waals surface area contributed by atoms with Crippen molar-refractivity contribution in [3.63, 3.8) is 0 Å². The number of rotatable bonds is 13. The van der Waals surface area contributed by atoms with Gasteiger partial charge in [0.25, 0.3) is 0 Å². The Hall–Kier alpha value is -1.77. The third-order valence-corrected chi connectivity index (χ3v) is 2.60. The van der Waals surface area contributed by atoms with Gasteiger partial charge in [-0.2, -0.15) is 0 Å². The highest BCUT2D eigenvalue weighted by molar-refractivity contribution is 5.92. The summed E-state index contributed by atoms with van der Waals surface area (Å²) >= 11 is 0. The second kappa shape index (κ2) is 13.9. The second-order valence-electron chi connectivity index (χ2n) is 4.40. The van der Waals surface area contributed by atoms with E-state index in [2.05, 4.69) is 6.58 Å². The minimum atomic E-state index is -0.477. The Balaban J connectivity index is 3.34. The second-order valence-corrected chi connectivity index (χ2v) is 4.40. The first-order chi connectivity index (χ1) is 11.0. The number of hydrogen-bond donors (Lipinski definition) is 0. The van der Waals surface area contributed by atoms with E-state index in [1.165, 1.54) is 13.8 Å². The Bertz CT molecular complexity index is 370. The van der Waals surface area contributed by atoms with Crippen LogP contribution in [-0.4, -0.2) is 75.5 Å². The first kappa shape index (κ1) is 21.2. The first-order valence-corrected chi connectivity index (χ1v) is 7.30. The fourth-order valence-electron chi connectivity index (χ4n) is 1.49. The van der Waals surface area contributed by atoms with Gasteiger partial charge in [0.05, 0.1) is 46.2 Å². The summed E-state index contributed by atoms with van der Waals surface area (Å²) in [5.41, 5.74) is 0. The lowest BCUT2D eigenvalue weighted by Crippen LogP contribution is -2.36. The summed E-state index contributed by atoms with van der Waals surface area (Å²) in [4.78, 5) is 34.1. The maximum Gasteiger partial charge on any atom is 0.330 e. The van der Waals surface area contributed by atoms with E-state index in [0.29, 0.717) is 33.0 Å². The molecule has 0 aromatic heterocycles. The van der Waals surface area contributed by atoms with Crippen LogP contribution in [0.15, 0.2) is 12.7 Å². The Morgan fingerprint density at radius 2 is 1.26 bits per heavy atom. The normalized spacial score (nSPS) is 10.2. The molecule has 0 fully saturated rings. The molecule has 0 saturated heterocycles. The van der Waals surface area contributed by atoms with Crippen molar-refractivity contribution >= 4 is 17.8 Å². The molecule has 0 aliphatic heterocycles. The highest BCUT2D eigenvalue weighted by Gasteiger charge is 2.12. The van der Waals surface area contributed by atoms with Gasteiger partial charge < -0.3 is 18.9 Å². The number of nitrogens with zero attached hydrogens (tertiary/aromatic N) is 1. The summed E-state index contributed by atoms with van der Waals surface area (Å²) in [5.74, 6) is -1.07. The fourth-order valence-corrected chi connectivity index (χ4v) is 1.49. The van der Waals surface area contributed by atoms with E-state index >= 15 is 0 Å². The van der Waals surface area contributed by atoms with Crippen LogP contribution in [0.3, 0.4) is 0 Å². The maximum atomic E-state index is 11.1. The van der Waals surface area contributed by atoms with Crippen LogP contribution < -0.4 is 0 Å². The summed E-state index contributed by atoms with van der Waals surface area (Å²) in [6, 6.07) is 0. The van der Waals surface area contributed by atoms with Crippen LogP contribution in [0.25, 0.3) is 0 Å². The number of hydrogen-bond acceptors (Lipinski definition) is 7. The van der Waals surface area contributed by atoms with Gasteiger partial charge in [-0.1, -0.05) is 6.58 Å². The van der Waals surface area contributed by atoms with Crippen LogP contribution in [0, 0.1) is 0 Å².